The molecule has 1 aromatic carbocycles. The highest BCUT2D eigenvalue weighted by Gasteiger charge is 2.23. The molecule has 0 saturated carbocycles. The Morgan fingerprint density at radius 1 is 1.20 bits per heavy atom. The van der Waals surface area contributed by atoms with Crippen LogP contribution in [0.4, 0.5) is 0 Å². The van der Waals surface area contributed by atoms with Crippen LogP contribution in [0.3, 0.4) is 0 Å². The fraction of sp³-hybridized carbons (Fsp3) is 0.647. The minimum Gasteiger partial charge on any atom is -0.496 e. The minimum absolute atomic E-state index is 0.462. The van der Waals surface area contributed by atoms with Crippen LogP contribution >= 0.6 is 0 Å². The standard InChI is InChI=1S/C17H28N2O/c1-5-16(19-9-6-7-18-8-10-19)15-11-13(2)14(3)12-17(15)20-4/h11-12,16,18H,5-10H2,1-4H3. The van der Waals surface area contributed by atoms with E-state index in [0.29, 0.717) is 6.04 Å². The lowest BCUT2D eigenvalue weighted by Gasteiger charge is -2.31. The zero-order valence-electron chi connectivity index (χ0n) is 13.3. The molecule has 1 N–H and O–H groups in total. The van der Waals surface area contributed by atoms with Gasteiger partial charge < -0.3 is 10.1 Å². The molecule has 2 rings (SSSR count). The first-order valence-corrected chi connectivity index (χ1v) is 7.77. The van der Waals surface area contributed by atoms with Crippen LogP contribution < -0.4 is 10.1 Å². The van der Waals surface area contributed by atoms with E-state index in [1.807, 2.05) is 0 Å². The van der Waals surface area contributed by atoms with Crippen LogP contribution in [0.25, 0.3) is 0 Å². The largest absolute Gasteiger partial charge is 0.496 e. The Kier molecular flexibility index (Phi) is 5.44. The number of ether oxygens (including phenoxy) is 1. The zero-order chi connectivity index (χ0) is 14.5. The van der Waals surface area contributed by atoms with E-state index in [1.54, 1.807) is 7.11 Å². The van der Waals surface area contributed by atoms with Crippen LogP contribution in [-0.2, 0) is 0 Å². The number of benzene rings is 1. The predicted molar refractivity (Wildman–Crippen MR) is 84.6 cm³/mol. The lowest BCUT2D eigenvalue weighted by molar-refractivity contribution is 0.201. The Hall–Kier alpha value is -1.06. The molecule has 0 spiro atoms. The predicted octanol–water partition coefficient (Wildman–Crippen LogP) is 3.06. The molecule has 0 amide bonds. The molecule has 3 nitrogen and oxygen atoms in total. The second kappa shape index (κ2) is 7.09. The molecule has 112 valence electrons. The van der Waals surface area contributed by atoms with Crippen LogP contribution in [0, 0.1) is 13.8 Å². The summed E-state index contributed by atoms with van der Waals surface area (Å²) in [5, 5.41) is 3.48. The number of aryl methyl sites for hydroxylation is 2. The number of hydrogen-bond acceptors (Lipinski definition) is 3. The van der Waals surface area contributed by atoms with Gasteiger partial charge >= 0.3 is 0 Å². The van der Waals surface area contributed by atoms with Gasteiger partial charge in [0.15, 0.2) is 0 Å². The van der Waals surface area contributed by atoms with E-state index in [1.165, 1.54) is 29.7 Å². The second-order valence-corrected chi connectivity index (χ2v) is 5.74. The van der Waals surface area contributed by atoms with Gasteiger partial charge in [-0.1, -0.05) is 13.0 Å². The Balaban J connectivity index is 2.32. The van der Waals surface area contributed by atoms with Gasteiger partial charge in [0.05, 0.1) is 7.11 Å². The minimum atomic E-state index is 0.462. The molecule has 1 atom stereocenters. The average molecular weight is 276 g/mol. The number of hydrogen-bond donors (Lipinski definition) is 1. The average Bonchev–Trinajstić information content (AvgIpc) is 2.72. The lowest BCUT2D eigenvalue weighted by Crippen LogP contribution is -2.32. The van der Waals surface area contributed by atoms with Crippen LogP contribution in [0.2, 0.25) is 0 Å². The van der Waals surface area contributed by atoms with Gasteiger partial charge in [-0.15, -0.1) is 0 Å². The maximum absolute atomic E-state index is 5.64. The highest BCUT2D eigenvalue weighted by atomic mass is 16.5. The van der Waals surface area contributed by atoms with Gasteiger partial charge in [0, 0.05) is 31.2 Å². The van der Waals surface area contributed by atoms with E-state index in [4.69, 9.17) is 4.74 Å². The summed E-state index contributed by atoms with van der Waals surface area (Å²) in [4.78, 5) is 2.60. The highest BCUT2D eigenvalue weighted by Crippen LogP contribution is 2.34. The fourth-order valence-corrected chi connectivity index (χ4v) is 3.10. The first-order chi connectivity index (χ1) is 9.67. The molecule has 1 heterocycles. The van der Waals surface area contributed by atoms with E-state index in [0.717, 1.165) is 31.8 Å². The lowest BCUT2D eigenvalue weighted by atomic mass is 9.96. The molecular formula is C17H28N2O. The van der Waals surface area contributed by atoms with Crippen LogP contribution in [-0.4, -0.2) is 38.2 Å². The molecule has 1 saturated heterocycles. The van der Waals surface area contributed by atoms with E-state index >= 15 is 0 Å². The third-order valence-electron chi connectivity index (χ3n) is 4.41. The van der Waals surface area contributed by atoms with Crippen molar-refractivity contribution >= 4 is 0 Å². The second-order valence-electron chi connectivity index (χ2n) is 5.74. The van der Waals surface area contributed by atoms with Gasteiger partial charge in [0.1, 0.15) is 5.75 Å². The van der Waals surface area contributed by atoms with Gasteiger partial charge in [-0.25, -0.2) is 0 Å². The summed E-state index contributed by atoms with van der Waals surface area (Å²) in [6.45, 7) is 11.1. The van der Waals surface area contributed by atoms with Gasteiger partial charge in [-0.2, -0.15) is 0 Å². The van der Waals surface area contributed by atoms with Crippen LogP contribution in [0.1, 0.15) is 42.5 Å². The zero-order valence-corrected chi connectivity index (χ0v) is 13.3. The van der Waals surface area contributed by atoms with Crippen molar-refractivity contribution in [3.8, 4) is 5.75 Å². The Bertz CT molecular complexity index is 437. The Morgan fingerprint density at radius 2 is 1.95 bits per heavy atom. The molecule has 1 unspecified atom stereocenters. The molecule has 1 aliphatic heterocycles. The van der Waals surface area contributed by atoms with Crippen molar-refractivity contribution in [1.82, 2.24) is 10.2 Å². The molecule has 0 radical (unpaired) electrons. The maximum Gasteiger partial charge on any atom is 0.123 e. The summed E-state index contributed by atoms with van der Waals surface area (Å²) in [5.41, 5.74) is 4.00. The van der Waals surface area contributed by atoms with Gasteiger partial charge in [-0.05, 0) is 50.4 Å². The van der Waals surface area contributed by atoms with Gasteiger partial charge in [0.25, 0.3) is 0 Å². The summed E-state index contributed by atoms with van der Waals surface area (Å²) >= 11 is 0. The smallest absolute Gasteiger partial charge is 0.123 e. The molecule has 0 aliphatic carbocycles. The van der Waals surface area contributed by atoms with Crippen molar-refractivity contribution in [2.45, 2.75) is 39.7 Å². The molecule has 0 bridgehead atoms. The summed E-state index contributed by atoms with van der Waals surface area (Å²) in [6.07, 6.45) is 2.35. The fourth-order valence-electron chi connectivity index (χ4n) is 3.10. The topological polar surface area (TPSA) is 24.5 Å². The van der Waals surface area contributed by atoms with Gasteiger partial charge in [0.2, 0.25) is 0 Å². The quantitative estimate of drug-likeness (QED) is 0.914. The maximum atomic E-state index is 5.64. The number of methoxy groups -OCH3 is 1. The first kappa shape index (κ1) is 15.3. The number of nitrogens with zero attached hydrogens (tertiary/aromatic N) is 1. The highest BCUT2D eigenvalue weighted by molar-refractivity contribution is 5.43. The Labute approximate surface area is 123 Å². The molecule has 1 aromatic rings. The first-order valence-electron chi connectivity index (χ1n) is 7.77. The van der Waals surface area contributed by atoms with E-state index in [-0.39, 0.29) is 0 Å². The summed E-state index contributed by atoms with van der Waals surface area (Å²) < 4.78 is 5.64. The molecular weight excluding hydrogens is 248 g/mol. The Morgan fingerprint density at radius 3 is 2.65 bits per heavy atom. The number of nitrogens with one attached hydrogen (secondary N) is 1. The monoisotopic (exact) mass is 276 g/mol. The molecule has 1 aliphatic rings. The number of rotatable bonds is 4. The van der Waals surface area contributed by atoms with Crippen LogP contribution in [0.15, 0.2) is 12.1 Å². The van der Waals surface area contributed by atoms with Gasteiger partial charge in [-0.3, -0.25) is 4.90 Å². The summed E-state index contributed by atoms with van der Waals surface area (Å²) in [5.74, 6) is 1.04. The summed E-state index contributed by atoms with van der Waals surface area (Å²) in [6, 6.07) is 4.97. The third kappa shape index (κ3) is 3.33. The summed E-state index contributed by atoms with van der Waals surface area (Å²) in [7, 11) is 1.78. The van der Waals surface area contributed by atoms with E-state index in [2.05, 4.69) is 43.1 Å². The van der Waals surface area contributed by atoms with Crippen molar-refractivity contribution in [2.75, 3.05) is 33.3 Å². The van der Waals surface area contributed by atoms with Crippen molar-refractivity contribution in [1.29, 1.82) is 0 Å². The van der Waals surface area contributed by atoms with Crippen molar-refractivity contribution in [2.24, 2.45) is 0 Å². The molecule has 3 heteroatoms. The van der Waals surface area contributed by atoms with E-state index < -0.39 is 0 Å². The van der Waals surface area contributed by atoms with E-state index in [9.17, 15) is 0 Å². The molecule has 20 heavy (non-hydrogen) atoms. The van der Waals surface area contributed by atoms with Crippen molar-refractivity contribution in [3.63, 3.8) is 0 Å². The normalized spacial score (nSPS) is 18.6. The van der Waals surface area contributed by atoms with Crippen molar-refractivity contribution in [3.05, 3.63) is 28.8 Å². The van der Waals surface area contributed by atoms with Crippen molar-refractivity contribution < 1.29 is 4.74 Å². The van der Waals surface area contributed by atoms with Crippen LogP contribution in [0.5, 0.6) is 5.75 Å². The SMILES string of the molecule is CCC(c1cc(C)c(C)cc1OC)N1CCCNCC1. The molecule has 1 fully saturated rings. The third-order valence-corrected chi connectivity index (χ3v) is 4.41. The molecule has 0 aromatic heterocycles.